The fourth-order valence-corrected chi connectivity index (χ4v) is 4.98. The maximum Gasteiger partial charge on any atom is 0.237 e. The van der Waals surface area contributed by atoms with Crippen molar-refractivity contribution in [2.45, 2.75) is 71.4 Å². The van der Waals surface area contributed by atoms with Crippen LogP contribution >= 0.6 is 0 Å². The van der Waals surface area contributed by atoms with E-state index >= 15 is 0 Å². The van der Waals surface area contributed by atoms with Crippen LogP contribution < -0.4 is 10.6 Å². The highest BCUT2D eigenvalue weighted by Crippen LogP contribution is 2.62. The van der Waals surface area contributed by atoms with Crippen LogP contribution in [0.15, 0.2) is 0 Å². The summed E-state index contributed by atoms with van der Waals surface area (Å²) in [7, 11) is 0. The molecule has 0 aromatic heterocycles. The number of hydrogen-bond donors (Lipinski definition) is 2. The van der Waals surface area contributed by atoms with E-state index in [1.54, 1.807) is 0 Å². The van der Waals surface area contributed by atoms with Crippen molar-refractivity contribution >= 4 is 5.91 Å². The van der Waals surface area contributed by atoms with Gasteiger partial charge in [0.05, 0.1) is 6.04 Å². The number of carbonyl (C=O) groups is 1. The monoisotopic (exact) mass is 264 g/mol. The minimum Gasteiger partial charge on any atom is -0.351 e. The molecule has 4 atom stereocenters. The lowest BCUT2D eigenvalue weighted by Crippen LogP contribution is -2.57. The summed E-state index contributed by atoms with van der Waals surface area (Å²) >= 11 is 0. The summed E-state index contributed by atoms with van der Waals surface area (Å²) < 4.78 is 0. The minimum atomic E-state index is 0.0484. The Hall–Kier alpha value is -0.570. The Bertz CT molecular complexity index is 368. The van der Waals surface area contributed by atoms with E-state index in [2.05, 4.69) is 31.4 Å². The summed E-state index contributed by atoms with van der Waals surface area (Å²) in [6.45, 7) is 8.07. The Morgan fingerprint density at radius 3 is 2.58 bits per heavy atom. The van der Waals surface area contributed by atoms with Crippen LogP contribution in [0, 0.1) is 16.7 Å². The molecule has 1 heterocycles. The summed E-state index contributed by atoms with van der Waals surface area (Å²) in [6, 6.07) is 0.405. The van der Waals surface area contributed by atoms with Crippen LogP contribution in [0.5, 0.6) is 0 Å². The van der Waals surface area contributed by atoms with Crippen molar-refractivity contribution in [1.82, 2.24) is 10.6 Å². The van der Waals surface area contributed by atoms with E-state index in [1.165, 1.54) is 32.1 Å². The second-order valence-corrected chi connectivity index (χ2v) is 7.86. The highest BCUT2D eigenvalue weighted by atomic mass is 16.2. The van der Waals surface area contributed by atoms with E-state index in [1.807, 2.05) is 0 Å². The zero-order valence-electron chi connectivity index (χ0n) is 12.6. The van der Waals surface area contributed by atoms with Gasteiger partial charge in [-0.3, -0.25) is 4.79 Å². The molecule has 19 heavy (non-hydrogen) atoms. The number of piperidine rings is 1. The van der Waals surface area contributed by atoms with Gasteiger partial charge in [-0.05, 0) is 55.4 Å². The predicted octanol–water partition coefficient (Wildman–Crippen LogP) is 2.46. The van der Waals surface area contributed by atoms with Crippen molar-refractivity contribution < 1.29 is 4.79 Å². The number of hydrogen-bond acceptors (Lipinski definition) is 2. The molecule has 3 fully saturated rings. The molecule has 0 radical (unpaired) electrons. The predicted molar refractivity (Wildman–Crippen MR) is 76.8 cm³/mol. The average Bonchev–Trinajstić information content (AvgIpc) is 2.87. The Kier molecular flexibility index (Phi) is 3.16. The van der Waals surface area contributed by atoms with Crippen LogP contribution in [-0.2, 0) is 4.79 Å². The molecule has 108 valence electrons. The second kappa shape index (κ2) is 4.47. The average molecular weight is 264 g/mol. The maximum atomic E-state index is 12.5. The third kappa shape index (κ3) is 2.10. The smallest absolute Gasteiger partial charge is 0.237 e. The SMILES string of the molecule is CC12CCC(C1)C(C)(C)C2NC(=O)[C@@H]1CCCCN1. The number of nitrogens with one attached hydrogen (secondary N) is 2. The summed E-state index contributed by atoms with van der Waals surface area (Å²) in [5, 5.41) is 6.77. The van der Waals surface area contributed by atoms with Gasteiger partial charge in [0.2, 0.25) is 5.91 Å². The normalized spacial score (nSPS) is 44.3. The molecule has 1 amide bonds. The van der Waals surface area contributed by atoms with Crippen molar-refractivity contribution in [1.29, 1.82) is 0 Å². The quantitative estimate of drug-likeness (QED) is 0.804. The van der Waals surface area contributed by atoms with Gasteiger partial charge in [-0.25, -0.2) is 0 Å². The van der Waals surface area contributed by atoms with Gasteiger partial charge in [-0.1, -0.05) is 27.2 Å². The molecule has 3 nitrogen and oxygen atoms in total. The summed E-state index contributed by atoms with van der Waals surface area (Å²) in [5.74, 6) is 1.04. The van der Waals surface area contributed by atoms with E-state index in [0.717, 1.165) is 18.9 Å². The fourth-order valence-electron chi connectivity index (χ4n) is 4.98. The Morgan fingerprint density at radius 1 is 1.21 bits per heavy atom. The molecule has 3 unspecified atom stereocenters. The molecule has 3 aliphatic rings. The standard InChI is InChI=1S/C16H28N2O/c1-15(2)11-7-8-16(3,10-11)14(15)18-13(19)12-6-4-5-9-17-12/h11-12,14,17H,4-10H2,1-3H3,(H,18,19)/t11?,12-,14?,16?/m0/s1. The van der Waals surface area contributed by atoms with Gasteiger partial charge in [0.25, 0.3) is 0 Å². The van der Waals surface area contributed by atoms with Gasteiger partial charge in [-0.2, -0.15) is 0 Å². The lowest BCUT2D eigenvalue weighted by Gasteiger charge is -2.43. The Morgan fingerprint density at radius 2 is 2.00 bits per heavy atom. The lowest BCUT2D eigenvalue weighted by atomic mass is 9.68. The first-order valence-corrected chi connectivity index (χ1v) is 7.97. The molecule has 1 aliphatic heterocycles. The maximum absolute atomic E-state index is 12.5. The topological polar surface area (TPSA) is 41.1 Å². The number of rotatable bonds is 2. The number of amides is 1. The second-order valence-electron chi connectivity index (χ2n) is 7.86. The zero-order valence-corrected chi connectivity index (χ0v) is 12.6. The van der Waals surface area contributed by atoms with E-state index in [9.17, 15) is 4.79 Å². The fraction of sp³-hybridized carbons (Fsp3) is 0.938. The molecule has 2 N–H and O–H groups in total. The minimum absolute atomic E-state index is 0.0484. The van der Waals surface area contributed by atoms with Crippen LogP contribution in [0.25, 0.3) is 0 Å². The summed E-state index contributed by atoms with van der Waals surface area (Å²) in [4.78, 5) is 12.5. The van der Waals surface area contributed by atoms with Crippen LogP contribution in [-0.4, -0.2) is 24.5 Å². The first-order valence-electron chi connectivity index (χ1n) is 7.97. The van der Waals surface area contributed by atoms with Gasteiger partial charge in [0.15, 0.2) is 0 Å². The zero-order chi connectivity index (χ0) is 13.7. The van der Waals surface area contributed by atoms with E-state index < -0.39 is 0 Å². The number of fused-ring (bicyclic) bond motifs is 2. The molecule has 2 aliphatic carbocycles. The van der Waals surface area contributed by atoms with Crippen molar-refractivity contribution in [2.75, 3.05) is 6.54 Å². The molecular formula is C16H28N2O. The molecule has 2 saturated carbocycles. The van der Waals surface area contributed by atoms with Crippen molar-refractivity contribution in [2.24, 2.45) is 16.7 Å². The van der Waals surface area contributed by atoms with Crippen LogP contribution in [0.1, 0.15) is 59.3 Å². The van der Waals surface area contributed by atoms with Crippen molar-refractivity contribution in [3.63, 3.8) is 0 Å². The molecule has 0 spiro atoms. The lowest BCUT2D eigenvalue weighted by molar-refractivity contribution is -0.126. The molecule has 3 heteroatoms. The van der Waals surface area contributed by atoms with Gasteiger partial charge in [-0.15, -0.1) is 0 Å². The third-order valence-corrected chi connectivity index (χ3v) is 6.18. The van der Waals surface area contributed by atoms with E-state index in [4.69, 9.17) is 0 Å². The van der Waals surface area contributed by atoms with E-state index in [0.29, 0.717) is 11.5 Å². The van der Waals surface area contributed by atoms with Gasteiger partial charge in [0, 0.05) is 6.04 Å². The first kappa shape index (κ1) is 13.4. The molecule has 1 saturated heterocycles. The molecule has 3 rings (SSSR count). The highest BCUT2D eigenvalue weighted by Gasteiger charge is 2.59. The van der Waals surface area contributed by atoms with Gasteiger partial charge in [0.1, 0.15) is 0 Å². The third-order valence-electron chi connectivity index (χ3n) is 6.18. The van der Waals surface area contributed by atoms with Crippen molar-refractivity contribution in [3.05, 3.63) is 0 Å². The largest absolute Gasteiger partial charge is 0.351 e. The van der Waals surface area contributed by atoms with Crippen molar-refractivity contribution in [3.8, 4) is 0 Å². The van der Waals surface area contributed by atoms with Crippen LogP contribution in [0.3, 0.4) is 0 Å². The summed E-state index contributed by atoms with van der Waals surface area (Å²) in [6.07, 6.45) is 7.31. The van der Waals surface area contributed by atoms with E-state index in [-0.39, 0.29) is 17.4 Å². The molecule has 0 aromatic carbocycles. The van der Waals surface area contributed by atoms with Gasteiger partial charge < -0.3 is 10.6 Å². The van der Waals surface area contributed by atoms with Gasteiger partial charge >= 0.3 is 0 Å². The first-order chi connectivity index (χ1) is 8.93. The highest BCUT2D eigenvalue weighted by molar-refractivity contribution is 5.82. The molecule has 0 aromatic rings. The molecular weight excluding hydrogens is 236 g/mol. The van der Waals surface area contributed by atoms with Crippen LogP contribution in [0.4, 0.5) is 0 Å². The molecule has 2 bridgehead atoms. The summed E-state index contributed by atoms with van der Waals surface area (Å²) in [5.41, 5.74) is 0.593. The Labute approximate surface area is 116 Å². The number of carbonyl (C=O) groups excluding carboxylic acids is 1. The van der Waals surface area contributed by atoms with Crippen LogP contribution in [0.2, 0.25) is 0 Å². The Balaban J connectivity index is 1.70.